The van der Waals surface area contributed by atoms with E-state index in [0.29, 0.717) is 20.8 Å². The summed E-state index contributed by atoms with van der Waals surface area (Å²) in [6.07, 6.45) is 0. The zero-order valence-electron chi connectivity index (χ0n) is 7.98. The lowest BCUT2D eigenvalue weighted by atomic mass is 10.1. The number of isothiocyanates is 1. The van der Waals surface area contributed by atoms with E-state index in [2.05, 4.69) is 27.4 Å². The van der Waals surface area contributed by atoms with E-state index in [9.17, 15) is 0 Å². The van der Waals surface area contributed by atoms with Crippen molar-refractivity contribution >= 4 is 50.4 Å². The second-order valence-corrected chi connectivity index (χ2v) is 4.49. The van der Waals surface area contributed by atoms with E-state index in [-0.39, 0.29) is 0 Å². The van der Waals surface area contributed by atoms with Gasteiger partial charge >= 0.3 is 0 Å². The fourth-order valence-electron chi connectivity index (χ4n) is 1.27. The van der Waals surface area contributed by atoms with E-state index in [1.54, 1.807) is 6.07 Å². The molecular formula is C10H6ClN3S2. The number of nitrogens with two attached hydrogens (primary N) is 1. The van der Waals surface area contributed by atoms with Crippen molar-refractivity contribution in [1.82, 2.24) is 4.98 Å². The molecule has 80 valence electrons. The van der Waals surface area contributed by atoms with Gasteiger partial charge in [0.2, 0.25) is 0 Å². The summed E-state index contributed by atoms with van der Waals surface area (Å²) in [6.45, 7) is 0. The molecule has 16 heavy (non-hydrogen) atoms. The first-order valence-electron chi connectivity index (χ1n) is 4.31. The normalized spacial score (nSPS) is 9.81. The molecule has 0 amide bonds. The number of aliphatic imine (C=N–C) groups is 1. The van der Waals surface area contributed by atoms with Crippen LogP contribution >= 0.6 is 35.2 Å². The third-order valence-corrected chi connectivity index (χ3v) is 3.10. The number of nitrogens with zero attached hydrogens (tertiary/aromatic N) is 2. The number of thiocarbonyl (C=S) groups is 1. The SMILES string of the molecule is Nc1nc(-c2ccccc2Cl)c(N=C=S)s1. The van der Waals surface area contributed by atoms with Crippen LogP contribution in [0.4, 0.5) is 10.1 Å². The van der Waals surface area contributed by atoms with Gasteiger partial charge in [0.1, 0.15) is 5.69 Å². The topological polar surface area (TPSA) is 51.3 Å². The predicted octanol–water partition coefficient (Wildman–Crippen LogP) is 3.78. The largest absolute Gasteiger partial charge is 0.375 e. The maximum Gasteiger partial charge on any atom is 0.182 e. The average molecular weight is 268 g/mol. The number of nitrogen functional groups attached to an aromatic ring is 1. The summed E-state index contributed by atoms with van der Waals surface area (Å²) >= 11 is 11.9. The second-order valence-electron chi connectivity index (χ2n) is 2.89. The quantitative estimate of drug-likeness (QED) is 0.665. The third kappa shape index (κ3) is 2.13. The summed E-state index contributed by atoms with van der Waals surface area (Å²) in [5.41, 5.74) is 7.08. The first-order chi connectivity index (χ1) is 7.72. The molecule has 2 N–H and O–H groups in total. The van der Waals surface area contributed by atoms with Crippen LogP contribution in [0.1, 0.15) is 0 Å². The van der Waals surface area contributed by atoms with Crippen LogP contribution in [0.25, 0.3) is 11.3 Å². The lowest BCUT2D eigenvalue weighted by molar-refractivity contribution is 1.40. The average Bonchev–Trinajstić information content (AvgIpc) is 2.61. The van der Waals surface area contributed by atoms with Crippen LogP contribution in [0.5, 0.6) is 0 Å². The number of thiazole rings is 1. The van der Waals surface area contributed by atoms with Crippen molar-refractivity contribution in [3.05, 3.63) is 29.3 Å². The van der Waals surface area contributed by atoms with Crippen molar-refractivity contribution < 1.29 is 0 Å². The highest BCUT2D eigenvalue weighted by Crippen LogP contribution is 2.39. The Balaban J connectivity index is 2.64. The Morgan fingerprint density at radius 1 is 1.44 bits per heavy atom. The van der Waals surface area contributed by atoms with Crippen LogP contribution in [-0.4, -0.2) is 10.1 Å². The summed E-state index contributed by atoms with van der Waals surface area (Å²) in [4.78, 5) is 8.12. The van der Waals surface area contributed by atoms with Gasteiger partial charge in [0.15, 0.2) is 10.1 Å². The number of hydrogen-bond acceptors (Lipinski definition) is 5. The molecule has 0 radical (unpaired) electrons. The highest BCUT2D eigenvalue weighted by atomic mass is 35.5. The maximum absolute atomic E-state index is 6.08. The van der Waals surface area contributed by atoms with E-state index >= 15 is 0 Å². The second kappa shape index (κ2) is 4.72. The lowest BCUT2D eigenvalue weighted by Gasteiger charge is -2.00. The van der Waals surface area contributed by atoms with E-state index in [1.165, 1.54) is 11.3 Å². The fraction of sp³-hybridized carbons (Fsp3) is 0. The van der Waals surface area contributed by atoms with Crippen LogP contribution in [0.15, 0.2) is 29.3 Å². The molecule has 0 unspecified atom stereocenters. The summed E-state index contributed by atoms with van der Waals surface area (Å²) in [7, 11) is 0. The minimum absolute atomic E-state index is 0.430. The van der Waals surface area contributed by atoms with Gasteiger partial charge in [0.05, 0.1) is 10.2 Å². The maximum atomic E-state index is 6.08. The molecule has 0 aliphatic rings. The molecule has 0 bridgehead atoms. The summed E-state index contributed by atoms with van der Waals surface area (Å²) in [5.74, 6) is 0. The van der Waals surface area contributed by atoms with Crippen LogP contribution in [0.3, 0.4) is 0 Å². The van der Waals surface area contributed by atoms with Gasteiger partial charge in [-0.2, -0.15) is 4.99 Å². The smallest absolute Gasteiger partial charge is 0.182 e. The van der Waals surface area contributed by atoms with E-state index in [1.807, 2.05) is 18.2 Å². The molecule has 2 aromatic rings. The highest BCUT2D eigenvalue weighted by Gasteiger charge is 2.13. The van der Waals surface area contributed by atoms with Crippen molar-refractivity contribution in [2.75, 3.05) is 5.73 Å². The van der Waals surface area contributed by atoms with Gasteiger partial charge in [-0.15, -0.1) is 0 Å². The monoisotopic (exact) mass is 267 g/mol. The van der Waals surface area contributed by atoms with Crippen molar-refractivity contribution in [3.63, 3.8) is 0 Å². The lowest BCUT2D eigenvalue weighted by Crippen LogP contribution is -1.83. The Bertz CT molecular complexity index is 573. The Morgan fingerprint density at radius 2 is 2.19 bits per heavy atom. The number of benzene rings is 1. The van der Waals surface area contributed by atoms with Crippen LogP contribution in [0, 0.1) is 0 Å². The zero-order chi connectivity index (χ0) is 11.5. The number of rotatable bonds is 2. The minimum Gasteiger partial charge on any atom is -0.375 e. The van der Waals surface area contributed by atoms with Crippen molar-refractivity contribution in [2.24, 2.45) is 4.99 Å². The van der Waals surface area contributed by atoms with E-state index in [4.69, 9.17) is 17.3 Å². The molecule has 0 saturated carbocycles. The van der Waals surface area contributed by atoms with Crippen molar-refractivity contribution in [2.45, 2.75) is 0 Å². The molecular weight excluding hydrogens is 262 g/mol. The number of aromatic nitrogens is 1. The molecule has 0 saturated heterocycles. The molecule has 3 nitrogen and oxygen atoms in total. The Hall–Kier alpha value is -1.26. The Kier molecular flexibility index (Phi) is 3.31. The predicted molar refractivity (Wildman–Crippen MR) is 71.7 cm³/mol. The molecule has 1 aromatic heterocycles. The molecule has 0 aliphatic carbocycles. The molecule has 0 fully saturated rings. The third-order valence-electron chi connectivity index (χ3n) is 1.90. The Morgan fingerprint density at radius 3 is 2.88 bits per heavy atom. The van der Waals surface area contributed by atoms with E-state index < -0.39 is 0 Å². The summed E-state index contributed by atoms with van der Waals surface area (Å²) in [6, 6.07) is 7.38. The number of halogens is 1. The van der Waals surface area contributed by atoms with Gasteiger partial charge in [-0.3, -0.25) is 0 Å². The van der Waals surface area contributed by atoms with Crippen LogP contribution in [0.2, 0.25) is 5.02 Å². The van der Waals surface area contributed by atoms with Gasteiger partial charge < -0.3 is 5.73 Å². The molecule has 6 heteroatoms. The summed E-state index contributed by atoms with van der Waals surface area (Å²) < 4.78 is 0. The van der Waals surface area contributed by atoms with Crippen molar-refractivity contribution in [1.29, 1.82) is 0 Å². The van der Waals surface area contributed by atoms with Gasteiger partial charge in [-0.05, 0) is 18.3 Å². The molecule has 0 aliphatic heterocycles. The Labute approximate surface area is 107 Å². The van der Waals surface area contributed by atoms with Crippen LogP contribution in [-0.2, 0) is 0 Å². The first kappa shape index (κ1) is 11.2. The summed E-state index contributed by atoms with van der Waals surface area (Å²) in [5, 5.41) is 3.97. The molecule has 2 rings (SSSR count). The van der Waals surface area contributed by atoms with Crippen LogP contribution < -0.4 is 5.73 Å². The fourth-order valence-corrected chi connectivity index (χ4v) is 2.33. The minimum atomic E-state index is 0.430. The molecule has 1 heterocycles. The van der Waals surface area contributed by atoms with Gasteiger partial charge in [0, 0.05) is 5.56 Å². The molecule has 0 spiro atoms. The number of anilines is 1. The molecule has 0 atom stereocenters. The van der Waals surface area contributed by atoms with Crippen molar-refractivity contribution in [3.8, 4) is 11.3 Å². The number of hydrogen-bond donors (Lipinski definition) is 1. The first-order valence-corrected chi connectivity index (χ1v) is 5.91. The van der Waals surface area contributed by atoms with Gasteiger partial charge in [0.25, 0.3) is 0 Å². The highest BCUT2D eigenvalue weighted by molar-refractivity contribution is 7.78. The van der Waals surface area contributed by atoms with Gasteiger partial charge in [-0.25, -0.2) is 4.98 Å². The zero-order valence-corrected chi connectivity index (χ0v) is 10.4. The van der Waals surface area contributed by atoms with E-state index in [0.717, 1.165) is 5.56 Å². The van der Waals surface area contributed by atoms with Gasteiger partial charge in [-0.1, -0.05) is 41.1 Å². The molecule has 1 aromatic carbocycles. The standard InChI is InChI=1S/C10H6ClN3S2/c11-7-4-2-1-3-6(7)8-9(13-5-15)16-10(12)14-8/h1-4H,(H2,12,14).